The summed E-state index contributed by atoms with van der Waals surface area (Å²) in [6, 6.07) is 9.84. The van der Waals surface area contributed by atoms with Crippen molar-refractivity contribution in [3.63, 3.8) is 0 Å². The molecule has 1 amide bonds. The number of hydrogen-bond acceptors (Lipinski definition) is 2. The van der Waals surface area contributed by atoms with E-state index in [1.165, 1.54) is 0 Å². The normalized spacial score (nSPS) is 11.7. The van der Waals surface area contributed by atoms with E-state index in [1.54, 1.807) is 6.21 Å². The van der Waals surface area contributed by atoms with Crippen LogP contribution >= 0.6 is 0 Å². The quantitative estimate of drug-likeness (QED) is 0.716. The third kappa shape index (κ3) is 5.29. The first-order valence-electron chi connectivity index (χ1n) is 5.27. The Bertz CT molecular complexity index is 363. The zero-order valence-electron chi connectivity index (χ0n) is 9.93. The minimum Gasteiger partial charge on any atom is -0.442 e. The first kappa shape index (κ1) is 12.4. The smallest absolute Gasteiger partial charge is 0.433 e. The summed E-state index contributed by atoms with van der Waals surface area (Å²) in [6.07, 6.45) is 1.67. The zero-order chi connectivity index (χ0) is 12.0. The summed E-state index contributed by atoms with van der Waals surface area (Å²) in [6.45, 7) is 5.45. The summed E-state index contributed by atoms with van der Waals surface area (Å²) in [7, 11) is 0. The molecule has 0 bridgehead atoms. The molecule has 86 valence electrons. The van der Waals surface area contributed by atoms with Crippen LogP contribution in [0.2, 0.25) is 0 Å². The van der Waals surface area contributed by atoms with Crippen LogP contribution in [0.5, 0.6) is 0 Å². The molecule has 1 rings (SSSR count). The second kappa shape index (κ2) is 5.45. The topological polar surface area (TPSA) is 38.7 Å². The molecule has 0 radical (unpaired) electrons. The van der Waals surface area contributed by atoms with Gasteiger partial charge in [-0.05, 0) is 26.3 Å². The maximum atomic E-state index is 11.2. The van der Waals surface area contributed by atoms with Gasteiger partial charge in [-0.1, -0.05) is 30.3 Å². The first-order chi connectivity index (χ1) is 7.47. The van der Waals surface area contributed by atoms with Crippen LogP contribution in [0.1, 0.15) is 26.3 Å². The predicted molar refractivity (Wildman–Crippen MR) is 64.9 cm³/mol. The molecule has 0 aliphatic rings. The minimum absolute atomic E-state index is 0.485. The number of hydrogen-bond donors (Lipinski definition) is 0. The largest absolute Gasteiger partial charge is 0.442 e. The minimum atomic E-state index is -0.538. The van der Waals surface area contributed by atoms with Crippen LogP contribution < -0.4 is 0 Å². The zero-order valence-corrected chi connectivity index (χ0v) is 9.93. The summed E-state index contributed by atoms with van der Waals surface area (Å²) in [5.41, 5.74) is 0.635. The molecule has 3 nitrogen and oxygen atoms in total. The molecule has 0 fully saturated rings. The number of carbonyl (C=O) groups excluding carboxylic acids is 1. The Balaban J connectivity index is 2.41. The van der Waals surface area contributed by atoms with Crippen LogP contribution in [0, 0.1) is 0 Å². The van der Waals surface area contributed by atoms with Gasteiger partial charge in [0.05, 0.1) is 0 Å². The van der Waals surface area contributed by atoms with Gasteiger partial charge in [-0.25, -0.2) is 4.79 Å². The molecule has 0 N–H and O–H groups in total. The van der Waals surface area contributed by atoms with E-state index < -0.39 is 11.7 Å². The van der Waals surface area contributed by atoms with Gasteiger partial charge in [0, 0.05) is 12.6 Å². The van der Waals surface area contributed by atoms with Crippen LogP contribution in [-0.2, 0) is 11.2 Å². The molecule has 0 saturated heterocycles. The van der Waals surface area contributed by atoms with Crippen molar-refractivity contribution in [3.8, 4) is 0 Å². The number of amides is 1. The van der Waals surface area contributed by atoms with Gasteiger partial charge in [0.1, 0.15) is 5.60 Å². The fourth-order valence-electron chi connectivity index (χ4n) is 1.13. The molecule has 1 aromatic rings. The van der Waals surface area contributed by atoms with Gasteiger partial charge in [0.15, 0.2) is 0 Å². The lowest BCUT2D eigenvalue weighted by atomic mass is 10.2. The molecule has 0 spiro atoms. The predicted octanol–water partition coefficient (Wildman–Crippen LogP) is 3.24. The summed E-state index contributed by atoms with van der Waals surface area (Å²) in [5.74, 6) is 0. The van der Waals surface area contributed by atoms with Gasteiger partial charge in [-0.2, -0.15) is 4.99 Å². The molecular weight excluding hydrogens is 202 g/mol. The van der Waals surface area contributed by atoms with Crippen LogP contribution in [0.3, 0.4) is 0 Å². The number of benzene rings is 1. The first-order valence-corrected chi connectivity index (χ1v) is 5.27. The Morgan fingerprint density at radius 1 is 1.31 bits per heavy atom. The molecule has 0 saturated carbocycles. The van der Waals surface area contributed by atoms with Crippen molar-refractivity contribution < 1.29 is 9.53 Å². The fourth-order valence-corrected chi connectivity index (χ4v) is 1.13. The van der Waals surface area contributed by atoms with E-state index in [0.29, 0.717) is 6.42 Å². The van der Waals surface area contributed by atoms with Crippen molar-refractivity contribution in [1.29, 1.82) is 0 Å². The molecule has 0 heterocycles. The van der Waals surface area contributed by atoms with Crippen LogP contribution in [-0.4, -0.2) is 17.9 Å². The fraction of sp³-hybridized carbons (Fsp3) is 0.385. The van der Waals surface area contributed by atoms with Gasteiger partial charge >= 0.3 is 6.09 Å². The third-order valence-electron chi connectivity index (χ3n) is 1.76. The van der Waals surface area contributed by atoms with Crippen LogP contribution in [0.25, 0.3) is 0 Å². The molecule has 0 aromatic heterocycles. The van der Waals surface area contributed by atoms with Crippen molar-refractivity contribution in [3.05, 3.63) is 35.9 Å². The SMILES string of the molecule is CC(C)(C)OC(=O)N=CCc1ccccc1. The van der Waals surface area contributed by atoms with Gasteiger partial charge in [-0.3, -0.25) is 0 Å². The lowest BCUT2D eigenvalue weighted by Gasteiger charge is -2.17. The average Bonchev–Trinajstić information content (AvgIpc) is 2.16. The van der Waals surface area contributed by atoms with Crippen molar-refractivity contribution in [1.82, 2.24) is 0 Å². The maximum Gasteiger partial charge on any atom is 0.433 e. The van der Waals surface area contributed by atoms with Crippen molar-refractivity contribution in [2.75, 3.05) is 0 Å². The summed E-state index contributed by atoms with van der Waals surface area (Å²) >= 11 is 0. The second-order valence-corrected chi connectivity index (χ2v) is 4.48. The number of carbonyl (C=O) groups is 1. The van der Waals surface area contributed by atoms with E-state index in [0.717, 1.165) is 5.56 Å². The Labute approximate surface area is 96.2 Å². The highest BCUT2D eigenvalue weighted by molar-refractivity contribution is 5.80. The molecular formula is C13H17NO2. The van der Waals surface area contributed by atoms with Gasteiger partial charge in [0.2, 0.25) is 0 Å². The lowest BCUT2D eigenvalue weighted by molar-refractivity contribution is 0.0605. The van der Waals surface area contributed by atoms with E-state index in [-0.39, 0.29) is 0 Å². The van der Waals surface area contributed by atoms with Gasteiger partial charge < -0.3 is 4.74 Å². The second-order valence-electron chi connectivity index (χ2n) is 4.48. The highest BCUT2D eigenvalue weighted by Crippen LogP contribution is 2.07. The van der Waals surface area contributed by atoms with E-state index in [2.05, 4.69) is 4.99 Å². The number of ether oxygens (including phenoxy) is 1. The molecule has 16 heavy (non-hydrogen) atoms. The Morgan fingerprint density at radius 2 is 1.94 bits per heavy atom. The molecule has 0 aliphatic heterocycles. The van der Waals surface area contributed by atoms with E-state index in [1.807, 2.05) is 51.1 Å². The molecule has 1 aromatic carbocycles. The highest BCUT2D eigenvalue weighted by atomic mass is 16.6. The molecule has 0 atom stereocenters. The average molecular weight is 219 g/mol. The Morgan fingerprint density at radius 3 is 2.50 bits per heavy atom. The summed E-state index contributed by atoms with van der Waals surface area (Å²) in [4.78, 5) is 14.9. The molecule has 3 heteroatoms. The van der Waals surface area contributed by atoms with Gasteiger partial charge in [0.25, 0.3) is 0 Å². The number of nitrogens with zero attached hydrogens (tertiary/aromatic N) is 1. The van der Waals surface area contributed by atoms with Crippen molar-refractivity contribution in [2.24, 2.45) is 4.99 Å². The summed E-state index contributed by atoms with van der Waals surface area (Å²) in [5, 5.41) is 0. The van der Waals surface area contributed by atoms with E-state index in [9.17, 15) is 4.79 Å². The Hall–Kier alpha value is -1.64. The molecule has 0 aliphatic carbocycles. The van der Waals surface area contributed by atoms with Gasteiger partial charge in [-0.15, -0.1) is 0 Å². The highest BCUT2D eigenvalue weighted by Gasteiger charge is 2.14. The standard InChI is InChI=1S/C13H17NO2/c1-13(2,3)16-12(15)14-10-9-11-7-5-4-6-8-11/h4-8,10H,9H2,1-3H3. The number of rotatable bonds is 2. The monoisotopic (exact) mass is 219 g/mol. The van der Waals surface area contributed by atoms with Crippen molar-refractivity contribution in [2.45, 2.75) is 32.8 Å². The van der Waals surface area contributed by atoms with E-state index in [4.69, 9.17) is 4.74 Å². The molecule has 0 unspecified atom stereocenters. The number of aliphatic imine (C=N–C) groups is 1. The summed E-state index contributed by atoms with van der Waals surface area (Å²) < 4.78 is 5.04. The lowest BCUT2D eigenvalue weighted by Crippen LogP contribution is -2.21. The Kier molecular flexibility index (Phi) is 4.23. The van der Waals surface area contributed by atoms with E-state index >= 15 is 0 Å². The van der Waals surface area contributed by atoms with Crippen LogP contribution in [0.4, 0.5) is 4.79 Å². The third-order valence-corrected chi connectivity index (χ3v) is 1.76. The maximum absolute atomic E-state index is 11.2. The van der Waals surface area contributed by atoms with Crippen molar-refractivity contribution >= 4 is 12.3 Å². The van der Waals surface area contributed by atoms with Crippen LogP contribution in [0.15, 0.2) is 35.3 Å².